The largest absolute Gasteiger partial charge is 0.497 e. The molecule has 0 radical (unpaired) electrons. The minimum atomic E-state index is -0.954. The van der Waals surface area contributed by atoms with Crippen molar-refractivity contribution in [2.45, 2.75) is 45.2 Å². The van der Waals surface area contributed by atoms with E-state index in [1.807, 2.05) is 38.1 Å². The molecule has 2 N–H and O–H groups in total. The van der Waals surface area contributed by atoms with Crippen LogP contribution in [0.3, 0.4) is 0 Å². The molecule has 0 fully saturated rings. The Kier molecular flexibility index (Phi) is 5.36. The van der Waals surface area contributed by atoms with Crippen molar-refractivity contribution in [1.82, 2.24) is 5.32 Å². The molecule has 19 heavy (non-hydrogen) atoms. The smallest absolute Gasteiger partial charge is 0.323 e. The van der Waals surface area contributed by atoms with Gasteiger partial charge in [-0.25, -0.2) is 0 Å². The zero-order valence-electron chi connectivity index (χ0n) is 12.1. The maximum atomic E-state index is 11.5. The Hall–Kier alpha value is -1.55. The Morgan fingerprint density at radius 1 is 1.42 bits per heavy atom. The predicted octanol–water partition coefficient (Wildman–Crippen LogP) is 2.47. The number of carboxylic acid groups (broad SMARTS) is 1. The number of nitrogens with one attached hydrogen (secondary N) is 1. The van der Waals surface area contributed by atoms with Crippen LogP contribution in [0, 0.1) is 0 Å². The fourth-order valence-electron chi connectivity index (χ4n) is 1.99. The fraction of sp³-hybridized carbons (Fsp3) is 0.533. The van der Waals surface area contributed by atoms with Crippen LogP contribution in [0.1, 0.15) is 32.8 Å². The number of benzene rings is 1. The summed E-state index contributed by atoms with van der Waals surface area (Å²) < 4.78 is 5.10. The molecule has 4 heteroatoms. The van der Waals surface area contributed by atoms with Crippen LogP contribution in [0.25, 0.3) is 0 Å². The van der Waals surface area contributed by atoms with E-state index in [2.05, 4.69) is 5.32 Å². The lowest BCUT2D eigenvalue weighted by Crippen LogP contribution is -2.54. The van der Waals surface area contributed by atoms with E-state index in [4.69, 9.17) is 4.74 Å². The van der Waals surface area contributed by atoms with Gasteiger partial charge in [0.15, 0.2) is 0 Å². The second-order valence-electron chi connectivity index (χ2n) is 5.12. The molecule has 0 saturated carbocycles. The Labute approximate surface area is 114 Å². The highest BCUT2D eigenvalue weighted by Gasteiger charge is 2.34. The second kappa shape index (κ2) is 6.57. The molecule has 1 aromatic rings. The molecule has 0 aromatic heterocycles. The molecule has 0 aliphatic heterocycles. The Balaban J connectivity index is 2.85. The van der Waals surface area contributed by atoms with Crippen molar-refractivity contribution < 1.29 is 14.6 Å². The fourth-order valence-corrected chi connectivity index (χ4v) is 1.99. The molecular formula is C15H23NO3. The normalized spacial score (nSPS) is 15.6. The van der Waals surface area contributed by atoms with Gasteiger partial charge in [-0.3, -0.25) is 10.1 Å². The SMILES string of the molecule is CCC(C)NC(C)(Cc1ccc(OC)cc1)C(=O)O. The summed E-state index contributed by atoms with van der Waals surface area (Å²) in [6, 6.07) is 7.66. The summed E-state index contributed by atoms with van der Waals surface area (Å²) >= 11 is 0. The van der Waals surface area contributed by atoms with E-state index in [1.54, 1.807) is 14.0 Å². The molecule has 0 aliphatic carbocycles. The highest BCUT2D eigenvalue weighted by atomic mass is 16.5. The Bertz CT molecular complexity index is 416. The van der Waals surface area contributed by atoms with Crippen LogP contribution in [-0.2, 0) is 11.2 Å². The number of carbonyl (C=O) groups is 1. The second-order valence-corrected chi connectivity index (χ2v) is 5.12. The van der Waals surface area contributed by atoms with E-state index in [9.17, 15) is 9.90 Å². The van der Waals surface area contributed by atoms with Crippen LogP contribution in [0.15, 0.2) is 24.3 Å². The minimum Gasteiger partial charge on any atom is -0.497 e. The van der Waals surface area contributed by atoms with Gasteiger partial charge in [-0.2, -0.15) is 0 Å². The lowest BCUT2D eigenvalue weighted by Gasteiger charge is -2.30. The van der Waals surface area contributed by atoms with E-state index < -0.39 is 11.5 Å². The molecule has 0 spiro atoms. The molecular weight excluding hydrogens is 242 g/mol. The van der Waals surface area contributed by atoms with Gasteiger partial charge in [0.2, 0.25) is 0 Å². The number of aliphatic carboxylic acids is 1. The maximum Gasteiger partial charge on any atom is 0.323 e. The van der Waals surface area contributed by atoms with Crippen LogP contribution < -0.4 is 10.1 Å². The molecule has 2 atom stereocenters. The van der Waals surface area contributed by atoms with Crippen molar-refractivity contribution in [3.05, 3.63) is 29.8 Å². The van der Waals surface area contributed by atoms with Gasteiger partial charge >= 0.3 is 5.97 Å². The van der Waals surface area contributed by atoms with Gasteiger partial charge in [0, 0.05) is 12.5 Å². The van der Waals surface area contributed by atoms with Crippen molar-refractivity contribution >= 4 is 5.97 Å². The quantitative estimate of drug-likeness (QED) is 0.795. The highest BCUT2D eigenvalue weighted by molar-refractivity contribution is 5.78. The molecule has 2 unspecified atom stereocenters. The number of hydrogen-bond acceptors (Lipinski definition) is 3. The molecule has 1 aromatic carbocycles. The van der Waals surface area contributed by atoms with Crippen LogP contribution in [0.4, 0.5) is 0 Å². The van der Waals surface area contributed by atoms with Crippen LogP contribution in [0.5, 0.6) is 5.75 Å². The maximum absolute atomic E-state index is 11.5. The summed E-state index contributed by atoms with van der Waals surface area (Å²) in [6.45, 7) is 5.76. The topological polar surface area (TPSA) is 58.6 Å². The summed E-state index contributed by atoms with van der Waals surface area (Å²) in [6.07, 6.45) is 1.34. The van der Waals surface area contributed by atoms with Gasteiger partial charge in [-0.05, 0) is 38.0 Å². The first-order chi connectivity index (χ1) is 8.91. The minimum absolute atomic E-state index is 0.166. The Morgan fingerprint density at radius 3 is 2.42 bits per heavy atom. The molecule has 106 valence electrons. The molecule has 0 amide bonds. The number of ether oxygens (including phenoxy) is 1. The average molecular weight is 265 g/mol. The van der Waals surface area contributed by atoms with Crippen LogP contribution >= 0.6 is 0 Å². The van der Waals surface area contributed by atoms with E-state index >= 15 is 0 Å². The molecule has 0 aliphatic rings. The molecule has 4 nitrogen and oxygen atoms in total. The van der Waals surface area contributed by atoms with E-state index in [-0.39, 0.29) is 6.04 Å². The van der Waals surface area contributed by atoms with E-state index in [1.165, 1.54) is 0 Å². The van der Waals surface area contributed by atoms with Crippen molar-refractivity contribution in [3.8, 4) is 5.75 Å². The molecule has 0 saturated heterocycles. The summed E-state index contributed by atoms with van der Waals surface area (Å²) in [5.41, 5.74) is 0.0193. The van der Waals surface area contributed by atoms with Crippen LogP contribution in [0.2, 0.25) is 0 Å². The van der Waals surface area contributed by atoms with Crippen LogP contribution in [-0.4, -0.2) is 29.8 Å². The number of carboxylic acids is 1. The lowest BCUT2D eigenvalue weighted by atomic mass is 9.91. The van der Waals surface area contributed by atoms with E-state index in [0.717, 1.165) is 17.7 Å². The highest BCUT2D eigenvalue weighted by Crippen LogP contribution is 2.18. The lowest BCUT2D eigenvalue weighted by molar-refractivity contribution is -0.144. The summed E-state index contributed by atoms with van der Waals surface area (Å²) in [5, 5.41) is 12.6. The average Bonchev–Trinajstić information content (AvgIpc) is 2.39. The zero-order valence-corrected chi connectivity index (χ0v) is 12.1. The first kappa shape index (κ1) is 15.5. The predicted molar refractivity (Wildman–Crippen MR) is 75.6 cm³/mol. The van der Waals surface area contributed by atoms with Gasteiger partial charge < -0.3 is 9.84 Å². The van der Waals surface area contributed by atoms with Crippen molar-refractivity contribution in [3.63, 3.8) is 0 Å². The summed E-state index contributed by atoms with van der Waals surface area (Å²) in [4.78, 5) is 11.5. The van der Waals surface area contributed by atoms with Gasteiger partial charge in [0.1, 0.15) is 11.3 Å². The van der Waals surface area contributed by atoms with Crippen molar-refractivity contribution in [1.29, 1.82) is 0 Å². The third kappa shape index (κ3) is 4.24. The van der Waals surface area contributed by atoms with Gasteiger partial charge in [0.05, 0.1) is 7.11 Å². The zero-order chi connectivity index (χ0) is 14.5. The molecule has 0 bridgehead atoms. The first-order valence-electron chi connectivity index (χ1n) is 6.55. The van der Waals surface area contributed by atoms with Crippen molar-refractivity contribution in [2.75, 3.05) is 7.11 Å². The summed E-state index contributed by atoms with van der Waals surface area (Å²) in [5.74, 6) is -0.0562. The third-order valence-electron chi connectivity index (χ3n) is 3.37. The first-order valence-corrected chi connectivity index (χ1v) is 6.55. The Morgan fingerprint density at radius 2 is 2.00 bits per heavy atom. The number of methoxy groups -OCH3 is 1. The van der Waals surface area contributed by atoms with Gasteiger partial charge in [-0.15, -0.1) is 0 Å². The molecule has 1 rings (SSSR count). The number of rotatable bonds is 7. The standard InChI is InChI=1S/C15H23NO3/c1-5-11(2)16-15(3,14(17)18)10-12-6-8-13(19-4)9-7-12/h6-9,11,16H,5,10H2,1-4H3,(H,17,18). The summed E-state index contributed by atoms with van der Waals surface area (Å²) in [7, 11) is 1.61. The number of hydrogen-bond donors (Lipinski definition) is 2. The van der Waals surface area contributed by atoms with E-state index in [0.29, 0.717) is 6.42 Å². The molecule has 0 heterocycles. The van der Waals surface area contributed by atoms with Gasteiger partial charge in [0.25, 0.3) is 0 Å². The van der Waals surface area contributed by atoms with Gasteiger partial charge in [-0.1, -0.05) is 19.1 Å². The third-order valence-corrected chi connectivity index (χ3v) is 3.37. The monoisotopic (exact) mass is 265 g/mol. The van der Waals surface area contributed by atoms with Crippen molar-refractivity contribution in [2.24, 2.45) is 0 Å².